The van der Waals surface area contributed by atoms with E-state index in [1.165, 1.54) is 4.57 Å². The van der Waals surface area contributed by atoms with E-state index in [-0.39, 0.29) is 19.0 Å². The molecule has 0 radical (unpaired) electrons. The van der Waals surface area contributed by atoms with Crippen LogP contribution in [0, 0.1) is 0 Å². The number of aromatic nitrogens is 2. The summed E-state index contributed by atoms with van der Waals surface area (Å²) in [6, 6.07) is 29.9. The van der Waals surface area contributed by atoms with Crippen molar-refractivity contribution in [3.05, 3.63) is 118 Å². The van der Waals surface area contributed by atoms with Crippen LogP contribution in [0.2, 0.25) is 18.1 Å². The Bertz CT molecular complexity index is 1730. The van der Waals surface area contributed by atoms with Crippen molar-refractivity contribution in [1.82, 2.24) is 14.6 Å². The number of fused-ring (bicyclic) bond motifs is 2. The number of nitrogens with two attached hydrogens (primary N) is 1. The third-order valence-electron chi connectivity index (χ3n) is 10.6. The van der Waals surface area contributed by atoms with E-state index in [4.69, 9.17) is 33.9 Å². The van der Waals surface area contributed by atoms with Crippen LogP contribution in [0.15, 0.2) is 95.9 Å². The number of hydrogen-bond acceptors (Lipinski definition) is 10. The maximum atomic E-state index is 13.3. The lowest BCUT2D eigenvalue weighted by Crippen LogP contribution is -2.63. The van der Waals surface area contributed by atoms with Gasteiger partial charge >= 0.3 is 5.69 Å². The molecule has 6 rings (SSSR count). The summed E-state index contributed by atoms with van der Waals surface area (Å²) in [6.07, 6.45) is 0.368. The van der Waals surface area contributed by atoms with Crippen molar-refractivity contribution < 1.29 is 28.2 Å². The molecule has 12 heteroatoms. The summed E-state index contributed by atoms with van der Waals surface area (Å²) >= 11 is 0. The third-order valence-corrected chi connectivity index (χ3v) is 15.2. The fraction of sp³-hybridized carbons (Fsp3) is 0.421. The van der Waals surface area contributed by atoms with E-state index >= 15 is 0 Å². The van der Waals surface area contributed by atoms with Crippen LogP contribution in [-0.4, -0.2) is 75.2 Å². The molecule has 0 saturated carbocycles. The molecule has 0 amide bonds. The zero-order chi connectivity index (χ0) is 35.5. The van der Waals surface area contributed by atoms with Gasteiger partial charge in [-0.15, -0.1) is 0 Å². The topological polar surface area (TPSA) is 120 Å². The summed E-state index contributed by atoms with van der Waals surface area (Å²) < 4.78 is 34.4. The SMILES string of the molecule is CC[Si](CC)(CC)O[C@H]1[C@@H]2[C@H](n3ccc(N)nc3=O)O[C@@]1(COC(c1ccccc1)(c1ccc(OC)cc1)c1ccc(OC)cc1)CON2C. The lowest BCUT2D eigenvalue weighted by molar-refractivity contribution is -0.259. The smallest absolute Gasteiger partial charge is 0.351 e. The summed E-state index contributed by atoms with van der Waals surface area (Å²) in [6.45, 7) is 6.83. The van der Waals surface area contributed by atoms with Crippen LogP contribution in [0.5, 0.6) is 11.5 Å². The molecule has 2 saturated heterocycles. The van der Waals surface area contributed by atoms with E-state index in [1.54, 1.807) is 31.5 Å². The van der Waals surface area contributed by atoms with Crippen molar-refractivity contribution in [3.63, 3.8) is 0 Å². The predicted molar refractivity (Wildman–Crippen MR) is 194 cm³/mol. The molecule has 2 aliphatic rings. The first-order chi connectivity index (χ1) is 24.2. The van der Waals surface area contributed by atoms with E-state index in [0.29, 0.717) is 0 Å². The van der Waals surface area contributed by atoms with Gasteiger partial charge in [-0.2, -0.15) is 10.0 Å². The number of likely N-dealkylation sites (N-methyl/N-ethyl adjacent to an activating group) is 1. The molecule has 266 valence electrons. The van der Waals surface area contributed by atoms with Crippen LogP contribution < -0.4 is 20.9 Å². The largest absolute Gasteiger partial charge is 0.497 e. The predicted octanol–water partition coefficient (Wildman–Crippen LogP) is 5.76. The normalized spacial score (nSPS) is 22.4. The van der Waals surface area contributed by atoms with E-state index in [2.05, 4.69) is 37.9 Å². The zero-order valence-corrected chi connectivity index (χ0v) is 30.7. The Morgan fingerprint density at radius 2 is 1.44 bits per heavy atom. The molecule has 11 nitrogen and oxygen atoms in total. The first kappa shape index (κ1) is 35.8. The molecular weight excluding hydrogens is 653 g/mol. The fourth-order valence-electron chi connectivity index (χ4n) is 7.37. The highest BCUT2D eigenvalue weighted by molar-refractivity contribution is 6.73. The van der Waals surface area contributed by atoms with Gasteiger partial charge in [0.1, 0.15) is 47.3 Å². The van der Waals surface area contributed by atoms with Crippen LogP contribution >= 0.6 is 0 Å². The zero-order valence-electron chi connectivity index (χ0n) is 29.7. The molecule has 2 bridgehead atoms. The number of hydrogen-bond donors (Lipinski definition) is 1. The Hall–Kier alpha value is -4.04. The van der Waals surface area contributed by atoms with E-state index in [0.717, 1.165) is 46.3 Å². The monoisotopic (exact) mass is 700 g/mol. The van der Waals surface area contributed by atoms with E-state index < -0.39 is 43.6 Å². The Morgan fingerprint density at radius 3 is 1.96 bits per heavy atom. The molecule has 0 aliphatic carbocycles. The first-order valence-corrected chi connectivity index (χ1v) is 19.8. The highest BCUT2D eigenvalue weighted by Gasteiger charge is 2.64. The summed E-state index contributed by atoms with van der Waals surface area (Å²) in [7, 11) is 2.93. The molecular formula is C38H48N4O7Si. The molecule has 2 N–H and O–H groups in total. The van der Waals surface area contributed by atoms with Crippen molar-refractivity contribution in [2.24, 2.45) is 0 Å². The number of methoxy groups -OCH3 is 2. The average molecular weight is 701 g/mol. The standard InChI is InChI=1S/C38H48N4O7Si/c1-7-50(8-2,9-3)49-34-33-35(42-24-23-32(39)40-36(42)43)48-37(34,26-47-41(33)4)25-46-38(27-13-11-10-12-14-27,28-15-19-30(44-5)20-16-28)29-17-21-31(45-6)22-18-29/h10-24,33-35H,7-9,25-26H2,1-6H3,(H2,39,40,43)/t33-,34+,35-,37+/m1/s1. The van der Waals surface area contributed by atoms with Crippen molar-refractivity contribution >= 4 is 14.1 Å². The quantitative estimate of drug-likeness (QED) is 0.129. The van der Waals surface area contributed by atoms with Crippen molar-refractivity contribution in [1.29, 1.82) is 0 Å². The Morgan fingerprint density at radius 1 is 0.880 bits per heavy atom. The minimum atomic E-state index is -2.23. The van der Waals surface area contributed by atoms with Gasteiger partial charge in [-0.3, -0.25) is 9.40 Å². The molecule has 3 heterocycles. The second-order valence-corrected chi connectivity index (χ2v) is 17.7. The van der Waals surface area contributed by atoms with Gasteiger partial charge in [0.15, 0.2) is 14.5 Å². The molecule has 4 aromatic rings. The molecule has 50 heavy (non-hydrogen) atoms. The van der Waals surface area contributed by atoms with Gasteiger partial charge in [-0.1, -0.05) is 75.4 Å². The van der Waals surface area contributed by atoms with Gasteiger partial charge in [0.25, 0.3) is 0 Å². The summed E-state index contributed by atoms with van der Waals surface area (Å²) in [5.74, 6) is 1.60. The Kier molecular flexibility index (Phi) is 10.5. The summed E-state index contributed by atoms with van der Waals surface area (Å²) in [5.41, 5.74) is 5.88. The third kappa shape index (κ3) is 6.36. The highest BCUT2D eigenvalue weighted by Crippen LogP contribution is 2.49. The number of hydroxylamine groups is 2. The van der Waals surface area contributed by atoms with Gasteiger partial charge in [0, 0.05) is 13.2 Å². The van der Waals surface area contributed by atoms with Crippen LogP contribution in [0.1, 0.15) is 43.7 Å². The maximum absolute atomic E-state index is 13.3. The van der Waals surface area contributed by atoms with Gasteiger partial charge in [0.05, 0.1) is 20.8 Å². The highest BCUT2D eigenvalue weighted by atomic mass is 28.4. The van der Waals surface area contributed by atoms with E-state index in [1.807, 2.05) is 73.8 Å². The van der Waals surface area contributed by atoms with Crippen LogP contribution in [0.25, 0.3) is 0 Å². The number of anilines is 1. The molecule has 1 aromatic heterocycles. The van der Waals surface area contributed by atoms with Crippen LogP contribution in [0.3, 0.4) is 0 Å². The second kappa shape index (κ2) is 14.7. The maximum Gasteiger partial charge on any atom is 0.351 e. The number of benzene rings is 3. The second-order valence-electron chi connectivity index (χ2n) is 13.0. The van der Waals surface area contributed by atoms with Gasteiger partial charge in [0.2, 0.25) is 0 Å². The van der Waals surface area contributed by atoms with Crippen LogP contribution in [0.4, 0.5) is 5.82 Å². The number of rotatable bonds is 14. The summed E-state index contributed by atoms with van der Waals surface area (Å²) in [5, 5.41) is 1.76. The fourth-order valence-corrected chi connectivity index (χ4v) is 10.3. The average Bonchev–Trinajstić information content (AvgIpc) is 3.38. The Balaban J connectivity index is 1.52. The van der Waals surface area contributed by atoms with Gasteiger partial charge in [-0.25, -0.2) is 4.79 Å². The van der Waals surface area contributed by atoms with Crippen LogP contribution in [-0.2, 0) is 24.3 Å². The number of ether oxygens (including phenoxy) is 4. The van der Waals surface area contributed by atoms with Crippen molar-refractivity contribution in [2.45, 2.75) is 68.5 Å². The van der Waals surface area contributed by atoms with Gasteiger partial charge < -0.3 is 29.1 Å². The number of nitrogen functional groups attached to an aromatic ring is 1. The van der Waals surface area contributed by atoms with Crippen molar-refractivity contribution in [3.8, 4) is 11.5 Å². The van der Waals surface area contributed by atoms with E-state index in [9.17, 15) is 4.79 Å². The molecule has 3 aromatic carbocycles. The molecule has 2 aliphatic heterocycles. The number of nitrogens with zero attached hydrogens (tertiary/aromatic N) is 3. The lowest BCUT2D eigenvalue weighted by atomic mass is 9.79. The Labute approximate surface area is 294 Å². The van der Waals surface area contributed by atoms with Crippen molar-refractivity contribution in [2.75, 3.05) is 40.2 Å². The lowest BCUT2D eigenvalue weighted by Gasteiger charge is -2.47. The molecule has 2 fully saturated rings. The molecule has 0 spiro atoms. The minimum absolute atomic E-state index is 0.0736. The molecule has 4 atom stereocenters. The van der Waals surface area contributed by atoms with Gasteiger partial charge in [-0.05, 0) is 65.2 Å². The minimum Gasteiger partial charge on any atom is -0.497 e. The first-order valence-electron chi connectivity index (χ1n) is 17.2. The molecule has 0 unspecified atom stereocenters. The summed E-state index contributed by atoms with van der Waals surface area (Å²) in [4.78, 5) is 23.7.